The molecule has 1 aliphatic rings. The molecule has 0 radical (unpaired) electrons. The lowest BCUT2D eigenvalue weighted by Gasteiger charge is -2.44. The lowest BCUT2D eigenvalue weighted by Crippen LogP contribution is -2.36. The first kappa shape index (κ1) is 8.53. The Hall–Kier alpha value is -2.08. The van der Waals surface area contributed by atoms with Crippen molar-refractivity contribution in [2.45, 2.75) is 38.4 Å². The van der Waals surface area contributed by atoms with Crippen molar-refractivity contribution in [3.8, 4) is 0 Å². The van der Waals surface area contributed by atoms with Crippen LogP contribution in [0.1, 0.15) is 58.0 Å². The van der Waals surface area contributed by atoms with E-state index < -0.39 is 24.5 Å². The van der Waals surface area contributed by atoms with E-state index in [-0.39, 0.29) is 0 Å². The van der Waals surface area contributed by atoms with Crippen molar-refractivity contribution in [1.82, 2.24) is 0 Å². The maximum Gasteiger partial charge on any atom is 0.0243 e. The molecule has 2 unspecified atom stereocenters. The van der Waals surface area contributed by atoms with Crippen LogP contribution in [0.25, 0.3) is 10.8 Å². The zero-order valence-corrected chi connectivity index (χ0v) is 12.8. The summed E-state index contributed by atoms with van der Waals surface area (Å²) in [6, 6.07) is 18.5. The fraction of sp³-hybridized carbons (Fsp3) is 0.273. The second-order valence-corrected chi connectivity index (χ2v) is 6.54. The van der Waals surface area contributed by atoms with Gasteiger partial charge in [0.25, 0.3) is 0 Å². The van der Waals surface area contributed by atoms with Gasteiger partial charge >= 0.3 is 0 Å². The minimum atomic E-state index is -2.34. The average Bonchev–Trinajstić information content (AvgIpc) is 2.63. The minimum Gasteiger partial charge on any atom is -0.0619 e. The third kappa shape index (κ3) is 1.64. The first-order chi connectivity index (χ1) is 12.9. The Morgan fingerprint density at radius 2 is 1.05 bits per heavy atom. The maximum atomic E-state index is 8.37. The quantitative estimate of drug-likeness (QED) is 0.491. The number of fused-ring (bicyclic) bond motifs is 3. The van der Waals surface area contributed by atoms with E-state index in [1.807, 2.05) is 36.4 Å². The lowest BCUT2D eigenvalue weighted by atomic mass is 9.60. The Labute approximate surface area is 141 Å². The van der Waals surface area contributed by atoms with E-state index in [0.717, 1.165) is 10.8 Å². The smallest absolute Gasteiger partial charge is 0.0243 e. The predicted molar refractivity (Wildman–Crippen MR) is 94.6 cm³/mol. The van der Waals surface area contributed by atoms with Crippen molar-refractivity contribution < 1.29 is 8.22 Å². The van der Waals surface area contributed by atoms with Gasteiger partial charge in [0, 0.05) is 19.1 Å². The van der Waals surface area contributed by atoms with Gasteiger partial charge in [0.05, 0.1) is 0 Å². The summed E-state index contributed by atoms with van der Waals surface area (Å²) < 4.78 is 50.2. The van der Waals surface area contributed by atoms with Gasteiger partial charge < -0.3 is 0 Å². The molecule has 3 aromatic carbocycles. The molecule has 0 N–H and O–H groups in total. The second kappa shape index (κ2) is 4.23. The van der Waals surface area contributed by atoms with Crippen molar-refractivity contribution in [3.63, 3.8) is 0 Å². The van der Waals surface area contributed by atoms with Crippen LogP contribution in [-0.2, 0) is 10.8 Å². The van der Waals surface area contributed by atoms with Crippen molar-refractivity contribution in [1.29, 1.82) is 0 Å². The van der Waals surface area contributed by atoms with Gasteiger partial charge in [-0.25, -0.2) is 0 Å². The third-order valence-corrected chi connectivity index (χ3v) is 4.97. The highest BCUT2D eigenvalue weighted by atomic mass is 14.4. The SMILES string of the molecule is [2H]C([2H])([2H])C1(C)c2ccccc2C(C)(C([2H])([2H])[2H])c2cc3ccccc3cc21. The summed E-state index contributed by atoms with van der Waals surface area (Å²) in [5.41, 5.74) is -0.318. The largest absolute Gasteiger partial charge is 0.0619 e. The highest BCUT2D eigenvalue weighted by Crippen LogP contribution is 2.50. The molecule has 0 nitrogen and oxygen atoms in total. The zero-order valence-electron chi connectivity index (χ0n) is 18.8. The maximum absolute atomic E-state index is 8.37. The molecule has 0 fully saturated rings. The van der Waals surface area contributed by atoms with Gasteiger partial charge in [-0.1, -0.05) is 76.1 Å². The van der Waals surface area contributed by atoms with Crippen molar-refractivity contribution in [2.24, 2.45) is 0 Å². The van der Waals surface area contributed by atoms with Crippen LogP contribution >= 0.6 is 0 Å². The molecular formula is C22H22. The van der Waals surface area contributed by atoms with Crippen molar-refractivity contribution in [2.75, 3.05) is 0 Å². The van der Waals surface area contributed by atoms with E-state index in [4.69, 9.17) is 8.22 Å². The normalized spacial score (nSPS) is 31.7. The van der Waals surface area contributed by atoms with Gasteiger partial charge in [-0.3, -0.25) is 0 Å². The summed E-state index contributed by atoms with van der Waals surface area (Å²) >= 11 is 0. The Morgan fingerprint density at radius 3 is 1.45 bits per heavy atom. The number of benzene rings is 3. The molecule has 0 bridgehead atoms. The molecule has 3 aromatic rings. The molecule has 0 aromatic heterocycles. The fourth-order valence-electron chi connectivity index (χ4n) is 3.71. The summed E-state index contributed by atoms with van der Waals surface area (Å²) in [7, 11) is 0. The fourth-order valence-corrected chi connectivity index (χ4v) is 3.71. The van der Waals surface area contributed by atoms with Crippen LogP contribution in [-0.4, -0.2) is 0 Å². The summed E-state index contributed by atoms with van der Waals surface area (Å²) in [4.78, 5) is 0. The molecule has 0 heteroatoms. The first-order valence-electron chi connectivity index (χ1n) is 10.6. The Kier molecular flexibility index (Phi) is 1.64. The van der Waals surface area contributed by atoms with Gasteiger partial charge in [-0.2, -0.15) is 0 Å². The molecule has 22 heavy (non-hydrogen) atoms. The molecule has 0 aliphatic heterocycles. The first-order valence-corrected chi connectivity index (χ1v) is 7.56. The van der Waals surface area contributed by atoms with Gasteiger partial charge in [0.1, 0.15) is 0 Å². The van der Waals surface area contributed by atoms with E-state index in [1.165, 1.54) is 0 Å². The highest BCUT2D eigenvalue weighted by molar-refractivity contribution is 5.86. The van der Waals surface area contributed by atoms with Gasteiger partial charge in [-0.05, 0) is 45.2 Å². The van der Waals surface area contributed by atoms with E-state index in [9.17, 15) is 0 Å². The van der Waals surface area contributed by atoms with Crippen LogP contribution in [0, 0.1) is 0 Å². The summed E-state index contributed by atoms with van der Waals surface area (Å²) in [6.07, 6.45) is 0. The van der Waals surface area contributed by atoms with Crippen LogP contribution in [0.2, 0.25) is 0 Å². The molecule has 2 atom stereocenters. The average molecular weight is 292 g/mol. The summed E-state index contributed by atoms with van der Waals surface area (Å²) in [5.74, 6) is 0. The number of hydrogen-bond acceptors (Lipinski definition) is 0. The molecule has 1 aliphatic carbocycles. The lowest BCUT2D eigenvalue weighted by molar-refractivity contribution is 0.522. The summed E-state index contributed by atoms with van der Waals surface area (Å²) in [6.45, 7) is -1.25. The second-order valence-electron chi connectivity index (χ2n) is 6.54. The molecule has 0 heterocycles. The van der Waals surface area contributed by atoms with Crippen LogP contribution in [0.3, 0.4) is 0 Å². The van der Waals surface area contributed by atoms with Crippen LogP contribution in [0.4, 0.5) is 0 Å². The van der Waals surface area contributed by atoms with E-state index >= 15 is 0 Å². The van der Waals surface area contributed by atoms with Gasteiger partial charge in [0.15, 0.2) is 0 Å². The van der Waals surface area contributed by atoms with Gasteiger partial charge in [-0.15, -0.1) is 0 Å². The molecule has 0 saturated heterocycles. The van der Waals surface area contributed by atoms with E-state index in [1.54, 1.807) is 38.1 Å². The third-order valence-electron chi connectivity index (χ3n) is 4.97. The van der Waals surface area contributed by atoms with E-state index in [0.29, 0.717) is 22.3 Å². The highest BCUT2D eigenvalue weighted by Gasteiger charge is 2.41. The standard InChI is InChI=1S/C22H22/c1-21(2)17-11-7-8-12-18(17)22(3,4)20-14-16-10-6-5-9-15(16)13-19(20)21/h5-14H,1-4H3/i1D3,3D3. The molecular weight excluding hydrogens is 264 g/mol. The predicted octanol–water partition coefficient (Wildman–Crippen LogP) is 5.81. The van der Waals surface area contributed by atoms with Crippen LogP contribution in [0.15, 0.2) is 60.7 Å². The molecule has 110 valence electrons. The van der Waals surface area contributed by atoms with E-state index in [2.05, 4.69) is 0 Å². The summed E-state index contributed by atoms with van der Waals surface area (Å²) in [5, 5.41) is 1.81. The molecule has 0 spiro atoms. The van der Waals surface area contributed by atoms with Crippen molar-refractivity contribution in [3.05, 3.63) is 82.9 Å². The Morgan fingerprint density at radius 1 is 0.636 bits per heavy atom. The molecule has 0 amide bonds. The number of rotatable bonds is 0. The number of hydrogen-bond donors (Lipinski definition) is 0. The molecule has 4 rings (SSSR count). The van der Waals surface area contributed by atoms with Crippen molar-refractivity contribution >= 4 is 10.8 Å². The monoisotopic (exact) mass is 292 g/mol. The minimum absolute atomic E-state index is 0.566. The molecule has 0 saturated carbocycles. The van der Waals surface area contributed by atoms with Gasteiger partial charge in [0.2, 0.25) is 0 Å². The Balaban J connectivity index is 2.24. The Bertz CT molecular complexity index is 993. The topological polar surface area (TPSA) is 0 Å². The zero-order chi connectivity index (χ0) is 20.5. The van der Waals surface area contributed by atoms with Crippen LogP contribution in [0.5, 0.6) is 0 Å². The van der Waals surface area contributed by atoms with Crippen LogP contribution < -0.4 is 0 Å².